The molecule has 1 unspecified atom stereocenters. The van der Waals surface area contributed by atoms with Crippen LogP contribution in [0.1, 0.15) is 31.2 Å². The Labute approximate surface area is 148 Å². The number of thiophene rings is 1. The average Bonchev–Trinajstić information content (AvgIpc) is 3.16. The molecule has 2 aromatic rings. The van der Waals surface area contributed by atoms with Crippen molar-refractivity contribution in [3.8, 4) is 0 Å². The van der Waals surface area contributed by atoms with E-state index in [2.05, 4.69) is 49.7 Å². The lowest BCUT2D eigenvalue weighted by Gasteiger charge is -2.15. The Bertz CT molecular complexity index is 583. The Balaban J connectivity index is 1.55. The minimum atomic E-state index is 0.484. The molecule has 0 amide bonds. The highest BCUT2D eigenvalue weighted by molar-refractivity contribution is 7.07. The Morgan fingerprint density at radius 3 is 2.79 bits per heavy atom. The third-order valence-electron chi connectivity index (χ3n) is 3.78. The molecule has 130 valence electrons. The SMILES string of the molecule is CN=C(NCCCCNc1ccccn1)NCC(C)c1ccsc1. The maximum absolute atomic E-state index is 4.28. The molecular formula is C18H27N5S. The average molecular weight is 346 g/mol. The van der Waals surface area contributed by atoms with Crippen molar-refractivity contribution in [1.29, 1.82) is 0 Å². The quantitative estimate of drug-likeness (QED) is 0.371. The second-order valence-corrected chi connectivity index (χ2v) is 6.47. The van der Waals surface area contributed by atoms with Gasteiger partial charge in [-0.1, -0.05) is 13.0 Å². The predicted octanol–water partition coefficient (Wildman–Crippen LogP) is 3.30. The van der Waals surface area contributed by atoms with Crippen molar-refractivity contribution in [3.05, 3.63) is 46.8 Å². The van der Waals surface area contributed by atoms with Crippen LogP contribution >= 0.6 is 11.3 Å². The van der Waals surface area contributed by atoms with Crippen molar-refractivity contribution in [1.82, 2.24) is 15.6 Å². The molecule has 6 heteroatoms. The van der Waals surface area contributed by atoms with Gasteiger partial charge >= 0.3 is 0 Å². The van der Waals surface area contributed by atoms with E-state index < -0.39 is 0 Å². The number of hydrogen-bond donors (Lipinski definition) is 3. The molecular weight excluding hydrogens is 318 g/mol. The third kappa shape index (κ3) is 6.58. The lowest BCUT2D eigenvalue weighted by Crippen LogP contribution is -2.39. The number of aromatic nitrogens is 1. The molecule has 0 aromatic carbocycles. The van der Waals surface area contributed by atoms with Crippen LogP contribution < -0.4 is 16.0 Å². The fourth-order valence-electron chi connectivity index (χ4n) is 2.28. The van der Waals surface area contributed by atoms with Gasteiger partial charge in [0.25, 0.3) is 0 Å². The topological polar surface area (TPSA) is 61.3 Å². The van der Waals surface area contributed by atoms with E-state index in [1.807, 2.05) is 25.2 Å². The van der Waals surface area contributed by atoms with E-state index in [1.165, 1.54) is 5.56 Å². The van der Waals surface area contributed by atoms with Gasteiger partial charge in [0, 0.05) is 32.9 Å². The summed E-state index contributed by atoms with van der Waals surface area (Å²) < 4.78 is 0. The number of rotatable bonds is 9. The number of guanidine groups is 1. The minimum Gasteiger partial charge on any atom is -0.370 e. The van der Waals surface area contributed by atoms with E-state index >= 15 is 0 Å². The van der Waals surface area contributed by atoms with Crippen LogP contribution in [0.5, 0.6) is 0 Å². The van der Waals surface area contributed by atoms with Crippen molar-refractivity contribution in [3.63, 3.8) is 0 Å². The summed E-state index contributed by atoms with van der Waals surface area (Å²) in [4.78, 5) is 8.52. The normalized spacial score (nSPS) is 12.7. The molecule has 0 saturated carbocycles. The summed E-state index contributed by atoms with van der Waals surface area (Å²) in [6, 6.07) is 8.08. The van der Waals surface area contributed by atoms with E-state index in [9.17, 15) is 0 Å². The zero-order valence-corrected chi connectivity index (χ0v) is 15.3. The lowest BCUT2D eigenvalue weighted by atomic mass is 10.1. The Morgan fingerprint density at radius 2 is 2.08 bits per heavy atom. The Morgan fingerprint density at radius 1 is 1.21 bits per heavy atom. The number of aliphatic imine (C=N–C) groups is 1. The number of nitrogens with zero attached hydrogens (tertiary/aromatic N) is 2. The highest BCUT2D eigenvalue weighted by Gasteiger charge is 2.06. The summed E-state index contributed by atoms with van der Waals surface area (Å²) in [5.41, 5.74) is 1.38. The summed E-state index contributed by atoms with van der Waals surface area (Å²) in [7, 11) is 1.81. The van der Waals surface area contributed by atoms with Gasteiger partial charge in [-0.2, -0.15) is 11.3 Å². The van der Waals surface area contributed by atoms with Gasteiger partial charge in [0.05, 0.1) is 0 Å². The fourth-order valence-corrected chi connectivity index (χ4v) is 3.07. The van der Waals surface area contributed by atoms with Crippen molar-refractivity contribution < 1.29 is 0 Å². The van der Waals surface area contributed by atoms with Crippen molar-refractivity contribution in [2.24, 2.45) is 4.99 Å². The van der Waals surface area contributed by atoms with Crippen molar-refractivity contribution >= 4 is 23.1 Å². The molecule has 0 saturated heterocycles. The molecule has 1 atom stereocenters. The van der Waals surface area contributed by atoms with Crippen LogP contribution in [-0.4, -0.2) is 37.6 Å². The minimum absolute atomic E-state index is 0.484. The monoisotopic (exact) mass is 345 g/mol. The van der Waals surface area contributed by atoms with Crippen molar-refractivity contribution in [2.45, 2.75) is 25.7 Å². The van der Waals surface area contributed by atoms with E-state index in [0.29, 0.717) is 5.92 Å². The van der Waals surface area contributed by atoms with Crippen molar-refractivity contribution in [2.75, 3.05) is 32.0 Å². The van der Waals surface area contributed by atoms with E-state index in [0.717, 1.165) is 44.3 Å². The second kappa shape index (κ2) is 10.6. The summed E-state index contributed by atoms with van der Waals surface area (Å²) in [6.07, 6.45) is 3.98. The summed E-state index contributed by atoms with van der Waals surface area (Å²) in [6.45, 7) is 4.96. The van der Waals surface area contributed by atoms with E-state index in [4.69, 9.17) is 0 Å². The van der Waals surface area contributed by atoms with Crippen LogP contribution in [0.2, 0.25) is 0 Å². The molecule has 0 spiro atoms. The molecule has 2 aromatic heterocycles. The lowest BCUT2D eigenvalue weighted by molar-refractivity contribution is 0.680. The van der Waals surface area contributed by atoms with Crippen LogP contribution in [0.15, 0.2) is 46.2 Å². The molecule has 3 N–H and O–H groups in total. The first-order valence-corrected chi connectivity index (χ1v) is 9.35. The van der Waals surface area contributed by atoms with Gasteiger partial charge in [-0.25, -0.2) is 4.98 Å². The second-order valence-electron chi connectivity index (χ2n) is 5.69. The van der Waals surface area contributed by atoms with Gasteiger partial charge in [0.15, 0.2) is 5.96 Å². The van der Waals surface area contributed by atoms with Gasteiger partial charge < -0.3 is 16.0 Å². The van der Waals surface area contributed by atoms with Crippen LogP contribution in [0.25, 0.3) is 0 Å². The maximum atomic E-state index is 4.28. The summed E-state index contributed by atoms with van der Waals surface area (Å²) >= 11 is 1.74. The summed E-state index contributed by atoms with van der Waals surface area (Å²) in [5.74, 6) is 2.29. The largest absolute Gasteiger partial charge is 0.370 e. The first kappa shape index (κ1) is 18.3. The molecule has 0 aliphatic rings. The number of anilines is 1. The number of unbranched alkanes of at least 4 members (excludes halogenated alkanes) is 1. The molecule has 2 heterocycles. The number of pyridine rings is 1. The first-order chi connectivity index (χ1) is 11.8. The van der Waals surface area contributed by atoms with Crippen LogP contribution in [0, 0.1) is 0 Å². The molecule has 0 aliphatic heterocycles. The Kier molecular flexibility index (Phi) is 8.10. The molecule has 0 fully saturated rings. The molecule has 0 radical (unpaired) electrons. The van der Waals surface area contributed by atoms with Crippen LogP contribution in [0.4, 0.5) is 5.82 Å². The van der Waals surface area contributed by atoms with Gasteiger partial charge in [-0.3, -0.25) is 4.99 Å². The molecule has 24 heavy (non-hydrogen) atoms. The highest BCUT2D eigenvalue weighted by Crippen LogP contribution is 2.16. The molecule has 0 aliphatic carbocycles. The van der Waals surface area contributed by atoms with E-state index in [1.54, 1.807) is 17.5 Å². The van der Waals surface area contributed by atoms with Gasteiger partial charge in [0.1, 0.15) is 5.82 Å². The zero-order chi connectivity index (χ0) is 17.0. The van der Waals surface area contributed by atoms with Crippen LogP contribution in [0.3, 0.4) is 0 Å². The highest BCUT2D eigenvalue weighted by atomic mass is 32.1. The van der Waals surface area contributed by atoms with Gasteiger partial charge in [0.2, 0.25) is 0 Å². The molecule has 0 bridgehead atoms. The predicted molar refractivity (Wildman–Crippen MR) is 104 cm³/mol. The zero-order valence-electron chi connectivity index (χ0n) is 14.5. The molecule has 5 nitrogen and oxygen atoms in total. The fraction of sp³-hybridized carbons (Fsp3) is 0.444. The third-order valence-corrected chi connectivity index (χ3v) is 4.48. The smallest absolute Gasteiger partial charge is 0.190 e. The number of nitrogens with one attached hydrogen (secondary N) is 3. The Hall–Kier alpha value is -2.08. The van der Waals surface area contributed by atoms with Gasteiger partial charge in [-0.15, -0.1) is 0 Å². The van der Waals surface area contributed by atoms with Gasteiger partial charge in [-0.05, 0) is 53.3 Å². The van der Waals surface area contributed by atoms with Crippen LogP contribution in [-0.2, 0) is 0 Å². The van der Waals surface area contributed by atoms with E-state index in [-0.39, 0.29) is 0 Å². The molecule has 2 rings (SSSR count). The maximum Gasteiger partial charge on any atom is 0.190 e. The number of hydrogen-bond acceptors (Lipinski definition) is 4. The standard InChI is InChI=1S/C18H27N5S/c1-15(16-8-12-24-14-16)13-23-18(19-2)22-11-6-5-10-21-17-7-3-4-9-20-17/h3-4,7-9,12,14-15H,5-6,10-11,13H2,1-2H3,(H,20,21)(H2,19,22,23). The first-order valence-electron chi connectivity index (χ1n) is 8.41. The summed E-state index contributed by atoms with van der Waals surface area (Å²) in [5, 5.41) is 14.4.